The van der Waals surface area contributed by atoms with Crippen LogP contribution in [0.5, 0.6) is 0 Å². The number of amides is 2. The maximum absolute atomic E-state index is 13.0. The van der Waals surface area contributed by atoms with Gasteiger partial charge in [-0.15, -0.1) is 0 Å². The van der Waals surface area contributed by atoms with Gasteiger partial charge in [0.15, 0.2) is 0 Å². The lowest BCUT2D eigenvalue weighted by molar-refractivity contribution is -0.126. The predicted octanol–water partition coefficient (Wildman–Crippen LogP) is 3.49. The SMILES string of the molecule is Cc1ccc(N2C(=O)C[C@]3(C[C@H]4C=C[C@H]3C4)C2=O)cc1Cl. The van der Waals surface area contributed by atoms with Crippen molar-refractivity contribution >= 4 is 29.1 Å². The summed E-state index contributed by atoms with van der Waals surface area (Å²) in [4.78, 5) is 26.8. The van der Waals surface area contributed by atoms with Gasteiger partial charge in [-0.2, -0.15) is 0 Å². The molecule has 3 aliphatic rings. The molecule has 1 aliphatic heterocycles. The monoisotopic (exact) mass is 301 g/mol. The van der Waals surface area contributed by atoms with E-state index in [9.17, 15) is 9.59 Å². The molecule has 2 bridgehead atoms. The summed E-state index contributed by atoms with van der Waals surface area (Å²) in [6, 6.07) is 5.37. The number of carbonyl (C=O) groups excluding carboxylic acids is 2. The molecule has 0 aromatic heterocycles. The minimum atomic E-state index is -0.492. The number of hydrogen-bond donors (Lipinski definition) is 0. The van der Waals surface area contributed by atoms with E-state index in [2.05, 4.69) is 12.2 Å². The molecule has 1 saturated heterocycles. The van der Waals surface area contributed by atoms with Crippen LogP contribution in [0.2, 0.25) is 5.02 Å². The lowest BCUT2D eigenvalue weighted by atomic mass is 9.74. The molecule has 0 N–H and O–H groups in total. The molecule has 0 unspecified atom stereocenters. The molecule has 1 saturated carbocycles. The van der Waals surface area contributed by atoms with Crippen LogP contribution >= 0.6 is 11.6 Å². The molecular weight excluding hydrogens is 286 g/mol. The van der Waals surface area contributed by atoms with Crippen molar-refractivity contribution in [3.63, 3.8) is 0 Å². The fourth-order valence-corrected chi connectivity index (χ4v) is 4.32. The second-order valence-corrected chi connectivity index (χ2v) is 6.90. The van der Waals surface area contributed by atoms with Crippen molar-refractivity contribution in [1.82, 2.24) is 0 Å². The zero-order valence-corrected chi connectivity index (χ0v) is 12.6. The number of nitrogens with zero attached hydrogens (tertiary/aromatic N) is 1. The second kappa shape index (κ2) is 4.20. The number of carbonyl (C=O) groups is 2. The second-order valence-electron chi connectivity index (χ2n) is 6.49. The number of rotatable bonds is 1. The highest BCUT2D eigenvalue weighted by Gasteiger charge is 2.60. The first-order valence-corrected chi connectivity index (χ1v) is 7.71. The van der Waals surface area contributed by atoms with Crippen LogP contribution in [-0.4, -0.2) is 11.8 Å². The third kappa shape index (κ3) is 1.67. The van der Waals surface area contributed by atoms with Crippen molar-refractivity contribution in [2.75, 3.05) is 4.90 Å². The maximum Gasteiger partial charge on any atom is 0.241 e. The molecule has 1 heterocycles. The summed E-state index contributed by atoms with van der Waals surface area (Å²) >= 11 is 6.14. The Bertz CT molecular complexity index is 696. The molecule has 4 rings (SSSR count). The van der Waals surface area contributed by atoms with Gasteiger partial charge in [0.05, 0.1) is 11.1 Å². The molecule has 0 radical (unpaired) electrons. The van der Waals surface area contributed by atoms with Gasteiger partial charge in [0.25, 0.3) is 0 Å². The number of anilines is 1. The van der Waals surface area contributed by atoms with Crippen molar-refractivity contribution in [1.29, 1.82) is 0 Å². The Balaban J connectivity index is 1.74. The van der Waals surface area contributed by atoms with Crippen LogP contribution in [0.15, 0.2) is 30.4 Å². The van der Waals surface area contributed by atoms with Gasteiger partial charge in [-0.25, -0.2) is 4.90 Å². The highest BCUT2D eigenvalue weighted by Crippen LogP contribution is 2.57. The molecule has 4 heteroatoms. The summed E-state index contributed by atoms with van der Waals surface area (Å²) in [5.41, 5.74) is 1.05. The third-order valence-electron chi connectivity index (χ3n) is 5.27. The normalized spacial score (nSPS) is 33.7. The molecule has 108 valence electrons. The van der Waals surface area contributed by atoms with E-state index in [0.717, 1.165) is 18.4 Å². The number of imide groups is 1. The van der Waals surface area contributed by atoms with Crippen molar-refractivity contribution in [2.24, 2.45) is 17.3 Å². The van der Waals surface area contributed by atoms with E-state index < -0.39 is 5.41 Å². The Morgan fingerprint density at radius 3 is 2.71 bits per heavy atom. The lowest BCUT2D eigenvalue weighted by Gasteiger charge is -2.28. The summed E-state index contributed by atoms with van der Waals surface area (Å²) < 4.78 is 0. The number of hydrogen-bond acceptors (Lipinski definition) is 2. The first-order chi connectivity index (χ1) is 10.0. The average molecular weight is 302 g/mol. The van der Waals surface area contributed by atoms with Crippen LogP contribution < -0.4 is 4.90 Å². The van der Waals surface area contributed by atoms with Crippen molar-refractivity contribution in [3.05, 3.63) is 40.9 Å². The smallest absolute Gasteiger partial charge is 0.241 e. The van der Waals surface area contributed by atoms with E-state index in [1.807, 2.05) is 13.0 Å². The summed E-state index contributed by atoms with van der Waals surface area (Å²) in [6.07, 6.45) is 6.49. The number of allylic oxidation sites excluding steroid dienone is 2. The zero-order valence-electron chi connectivity index (χ0n) is 11.8. The number of fused-ring (bicyclic) bond motifs is 3. The Labute approximate surface area is 128 Å². The quantitative estimate of drug-likeness (QED) is 0.588. The first-order valence-electron chi connectivity index (χ1n) is 7.33. The number of benzene rings is 1. The highest BCUT2D eigenvalue weighted by molar-refractivity contribution is 6.32. The molecule has 1 aromatic carbocycles. The Kier molecular flexibility index (Phi) is 2.62. The van der Waals surface area contributed by atoms with Gasteiger partial charge in [-0.3, -0.25) is 9.59 Å². The van der Waals surface area contributed by atoms with E-state index >= 15 is 0 Å². The maximum atomic E-state index is 13.0. The van der Waals surface area contributed by atoms with Crippen molar-refractivity contribution < 1.29 is 9.59 Å². The third-order valence-corrected chi connectivity index (χ3v) is 5.67. The predicted molar refractivity (Wildman–Crippen MR) is 81.1 cm³/mol. The Hall–Kier alpha value is -1.61. The van der Waals surface area contributed by atoms with Crippen LogP contribution in [0.4, 0.5) is 5.69 Å². The minimum absolute atomic E-state index is 0.0377. The Morgan fingerprint density at radius 2 is 2.10 bits per heavy atom. The van der Waals surface area contributed by atoms with E-state index in [4.69, 9.17) is 11.6 Å². The summed E-state index contributed by atoms with van der Waals surface area (Å²) in [5.74, 6) is 0.559. The summed E-state index contributed by atoms with van der Waals surface area (Å²) in [6.45, 7) is 1.90. The Morgan fingerprint density at radius 1 is 1.29 bits per heavy atom. The van der Waals surface area contributed by atoms with Crippen molar-refractivity contribution in [2.45, 2.75) is 26.2 Å². The molecule has 3 nitrogen and oxygen atoms in total. The molecule has 2 fully saturated rings. The topological polar surface area (TPSA) is 37.4 Å². The van der Waals surface area contributed by atoms with E-state index in [1.54, 1.807) is 12.1 Å². The van der Waals surface area contributed by atoms with Crippen LogP contribution in [0, 0.1) is 24.2 Å². The summed E-state index contributed by atoms with van der Waals surface area (Å²) in [5, 5.41) is 0.585. The van der Waals surface area contributed by atoms with Gasteiger partial charge in [0, 0.05) is 11.4 Å². The van der Waals surface area contributed by atoms with Gasteiger partial charge in [-0.05, 0) is 49.3 Å². The molecular formula is C17H16ClNO2. The standard InChI is InChI=1S/C17H16ClNO2/c1-10-2-5-13(7-14(10)18)19-15(20)9-17(16(19)21)8-11-3-4-12(17)6-11/h2-5,7,11-12H,6,8-9H2,1H3/t11-,12-,17-/m0/s1. The minimum Gasteiger partial charge on any atom is -0.274 e. The fourth-order valence-electron chi connectivity index (χ4n) is 4.15. The number of aryl methyl sites for hydroxylation is 1. The molecule has 1 spiro atoms. The van der Waals surface area contributed by atoms with E-state index in [1.165, 1.54) is 4.90 Å². The van der Waals surface area contributed by atoms with E-state index in [-0.39, 0.29) is 17.7 Å². The number of halogens is 1. The van der Waals surface area contributed by atoms with Crippen LogP contribution in [0.25, 0.3) is 0 Å². The zero-order chi connectivity index (χ0) is 14.8. The van der Waals surface area contributed by atoms with Crippen LogP contribution in [0.1, 0.15) is 24.8 Å². The van der Waals surface area contributed by atoms with Gasteiger partial charge in [0.2, 0.25) is 11.8 Å². The average Bonchev–Trinajstić information content (AvgIpc) is 3.09. The van der Waals surface area contributed by atoms with Gasteiger partial charge in [0.1, 0.15) is 0 Å². The molecule has 3 atom stereocenters. The van der Waals surface area contributed by atoms with Crippen LogP contribution in [0.3, 0.4) is 0 Å². The highest BCUT2D eigenvalue weighted by atomic mass is 35.5. The molecule has 1 aromatic rings. The van der Waals surface area contributed by atoms with Gasteiger partial charge >= 0.3 is 0 Å². The molecule has 2 aliphatic carbocycles. The molecule has 2 amide bonds. The van der Waals surface area contributed by atoms with Crippen molar-refractivity contribution in [3.8, 4) is 0 Å². The van der Waals surface area contributed by atoms with Gasteiger partial charge < -0.3 is 0 Å². The summed E-state index contributed by atoms with van der Waals surface area (Å²) in [7, 11) is 0. The molecule has 21 heavy (non-hydrogen) atoms. The fraction of sp³-hybridized carbons (Fsp3) is 0.412. The first kappa shape index (κ1) is 13.1. The van der Waals surface area contributed by atoms with Gasteiger partial charge in [-0.1, -0.05) is 29.8 Å². The van der Waals surface area contributed by atoms with E-state index in [0.29, 0.717) is 23.0 Å². The lowest BCUT2D eigenvalue weighted by Crippen LogP contribution is -2.38. The largest absolute Gasteiger partial charge is 0.274 e. The van der Waals surface area contributed by atoms with Crippen LogP contribution in [-0.2, 0) is 9.59 Å².